The van der Waals surface area contributed by atoms with Crippen LogP contribution in [-0.2, 0) is 17.7 Å². The first-order valence-electron chi connectivity index (χ1n) is 6.23. The van der Waals surface area contributed by atoms with Gasteiger partial charge in [-0.1, -0.05) is 0 Å². The van der Waals surface area contributed by atoms with E-state index in [0.717, 1.165) is 5.82 Å². The molecule has 1 atom stereocenters. The minimum atomic E-state index is -0.460. The largest absolute Gasteiger partial charge is 0.444 e. The Morgan fingerprint density at radius 1 is 1.44 bits per heavy atom. The minimum absolute atomic E-state index is 0.0744. The normalized spacial score (nSPS) is 20.2. The molecular formula is C12H20N4O2. The van der Waals surface area contributed by atoms with E-state index in [0.29, 0.717) is 19.5 Å². The first-order chi connectivity index (χ1) is 8.37. The second-order valence-electron chi connectivity index (χ2n) is 5.67. The highest BCUT2D eigenvalue weighted by atomic mass is 16.6. The van der Waals surface area contributed by atoms with Crippen molar-refractivity contribution < 1.29 is 9.53 Å². The number of ether oxygens (including phenoxy) is 1. The number of nitrogens with zero attached hydrogens (tertiary/aromatic N) is 4. The summed E-state index contributed by atoms with van der Waals surface area (Å²) >= 11 is 0. The summed E-state index contributed by atoms with van der Waals surface area (Å²) in [5.74, 6) is 0.925. The molecule has 0 radical (unpaired) electrons. The van der Waals surface area contributed by atoms with E-state index in [1.807, 2.05) is 32.3 Å². The fourth-order valence-electron chi connectivity index (χ4n) is 2.03. The van der Waals surface area contributed by atoms with E-state index in [4.69, 9.17) is 4.74 Å². The van der Waals surface area contributed by atoms with Gasteiger partial charge in [-0.2, -0.15) is 0 Å². The van der Waals surface area contributed by atoms with Crippen molar-refractivity contribution in [3.05, 3.63) is 12.2 Å². The van der Waals surface area contributed by atoms with Crippen molar-refractivity contribution in [2.75, 3.05) is 6.54 Å². The van der Waals surface area contributed by atoms with Crippen LogP contribution in [0.3, 0.4) is 0 Å². The highest BCUT2D eigenvalue weighted by molar-refractivity contribution is 5.68. The highest BCUT2D eigenvalue weighted by Crippen LogP contribution is 2.16. The maximum Gasteiger partial charge on any atom is 0.410 e. The van der Waals surface area contributed by atoms with E-state index < -0.39 is 5.60 Å². The van der Waals surface area contributed by atoms with Gasteiger partial charge in [-0.05, 0) is 27.7 Å². The molecule has 6 heteroatoms. The van der Waals surface area contributed by atoms with Gasteiger partial charge in [0.1, 0.15) is 17.8 Å². The Hall–Kier alpha value is -1.59. The van der Waals surface area contributed by atoms with E-state index in [1.165, 1.54) is 0 Å². The maximum atomic E-state index is 12.1. The number of hydrogen-bond acceptors (Lipinski definition) is 4. The van der Waals surface area contributed by atoms with Crippen LogP contribution < -0.4 is 0 Å². The van der Waals surface area contributed by atoms with Crippen LogP contribution in [-0.4, -0.2) is 43.9 Å². The van der Waals surface area contributed by atoms with Crippen molar-refractivity contribution in [2.24, 2.45) is 0 Å². The second kappa shape index (κ2) is 4.59. The number of aromatic nitrogens is 3. The van der Waals surface area contributed by atoms with Gasteiger partial charge in [0.15, 0.2) is 0 Å². The third-order valence-electron chi connectivity index (χ3n) is 2.92. The van der Waals surface area contributed by atoms with Crippen LogP contribution in [0.2, 0.25) is 0 Å². The van der Waals surface area contributed by atoms with Gasteiger partial charge in [0.2, 0.25) is 0 Å². The lowest BCUT2D eigenvalue weighted by Gasteiger charge is -2.29. The number of rotatable bonds is 0. The molecule has 0 saturated carbocycles. The molecule has 2 heterocycles. The maximum absolute atomic E-state index is 12.1. The van der Waals surface area contributed by atoms with E-state index in [-0.39, 0.29) is 12.1 Å². The lowest BCUT2D eigenvalue weighted by molar-refractivity contribution is 0.0180. The molecule has 0 fully saturated rings. The SMILES string of the molecule is CC1Cc2nncn2CCN1C(=O)OC(C)(C)C. The summed E-state index contributed by atoms with van der Waals surface area (Å²) in [5.41, 5.74) is -0.460. The zero-order valence-electron chi connectivity index (χ0n) is 11.4. The minimum Gasteiger partial charge on any atom is -0.444 e. The van der Waals surface area contributed by atoms with Crippen LogP contribution in [0, 0.1) is 0 Å². The van der Waals surface area contributed by atoms with E-state index in [2.05, 4.69) is 10.2 Å². The third-order valence-corrected chi connectivity index (χ3v) is 2.92. The number of carbonyl (C=O) groups excluding carboxylic acids is 1. The summed E-state index contributed by atoms with van der Waals surface area (Å²) in [7, 11) is 0. The summed E-state index contributed by atoms with van der Waals surface area (Å²) in [6.45, 7) is 8.98. The Morgan fingerprint density at radius 2 is 2.17 bits per heavy atom. The molecule has 100 valence electrons. The summed E-state index contributed by atoms with van der Waals surface area (Å²) < 4.78 is 7.41. The zero-order chi connectivity index (χ0) is 13.3. The fraction of sp³-hybridized carbons (Fsp3) is 0.750. The molecule has 2 rings (SSSR count). The molecular weight excluding hydrogens is 232 g/mol. The molecule has 18 heavy (non-hydrogen) atoms. The van der Waals surface area contributed by atoms with Crippen molar-refractivity contribution >= 4 is 6.09 Å². The first kappa shape index (κ1) is 12.9. The molecule has 0 N–H and O–H groups in total. The van der Waals surface area contributed by atoms with Gasteiger partial charge in [0.05, 0.1) is 0 Å². The van der Waals surface area contributed by atoms with E-state index >= 15 is 0 Å². The second-order valence-corrected chi connectivity index (χ2v) is 5.67. The molecule has 0 saturated heterocycles. The lowest BCUT2D eigenvalue weighted by atomic mass is 10.2. The number of carbonyl (C=O) groups is 1. The van der Waals surface area contributed by atoms with E-state index in [9.17, 15) is 4.79 Å². The van der Waals surface area contributed by atoms with E-state index in [1.54, 1.807) is 11.2 Å². The molecule has 1 aromatic rings. The topological polar surface area (TPSA) is 60.2 Å². The van der Waals surface area contributed by atoms with Crippen LogP contribution in [0.4, 0.5) is 4.79 Å². The molecule has 1 aliphatic heterocycles. The lowest BCUT2D eigenvalue weighted by Crippen LogP contribution is -2.43. The van der Waals surface area contributed by atoms with Gasteiger partial charge in [-0.25, -0.2) is 4.79 Å². The molecule has 1 aromatic heterocycles. The van der Waals surface area contributed by atoms with Crippen LogP contribution >= 0.6 is 0 Å². The molecule has 1 unspecified atom stereocenters. The smallest absolute Gasteiger partial charge is 0.410 e. The average molecular weight is 252 g/mol. The van der Waals surface area contributed by atoms with Gasteiger partial charge >= 0.3 is 6.09 Å². The first-order valence-corrected chi connectivity index (χ1v) is 6.23. The van der Waals surface area contributed by atoms with Gasteiger partial charge < -0.3 is 14.2 Å². The predicted molar refractivity (Wildman–Crippen MR) is 66.1 cm³/mol. The van der Waals surface area contributed by atoms with Crippen LogP contribution in [0.5, 0.6) is 0 Å². The Kier molecular flexibility index (Phi) is 3.28. The molecule has 6 nitrogen and oxygen atoms in total. The van der Waals surface area contributed by atoms with Gasteiger partial charge in [0.25, 0.3) is 0 Å². The quantitative estimate of drug-likeness (QED) is 0.701. The van der Waals surface area contributed by atoms with Crippen molar-refractivity contribution in [1.82, 2.24) is 19.7 Å². The molecule has 0 spiro atoms. The molecule has 0 bridgehead atoms. The fourth-order valence-corrected chi connectivity index (χ4v) is 2.03. The van der Waals surface area contributed by atoms with Crippen molar-refractivity contribution in [1.29, 1.82) is 0 Å². The molecule has 1 aliphatic rings. The standard InChI is InChI=1S/C12H20N4O2/c1-9-7-10-14-13-8-15(10)5-6-16(9)11(17)18-12(2,3)4/h8-9H,5-7H2,1-4H3. The summed E-state index contributed by atoms with van der Waals surface area (Å²) in [6.07, 6.45) is 2.16. The number of amides is 1. The van der Waals surface area contributed by atoms with Gasteiger partial charge in [-0.3, -0.25) is 0 Å². The van der Waals surface area contributed by atoms with Crippen molar-refractivity contribution in [3.8, 4) is 0 Å². The molecule has 1 amide bonds. The zero-order valence-corrected chi connectivity index (χ0v) is 11.4. The Morgan fingerprint density at radius 3 is 2.83 bits per heavy atom. The number of hydrogen-bond donors (Lipinski definition) is 0. The third kappa shape index (κ3) is 2.80. The van der Waals surface area contributed by atoms with Gasteiger partial charge in [0, 0.05) is 25.6 Å². The van der Waals surface area contributed by atoms with Crippen molar-refractivity contribution in [3.63, 3.8) is 0 Å². The Bertz CT molecular complexity index is 436. The average Bonchev–Trinajstić information content (AvgIpc) is 2.57. The highest BCUT2D eigenvalue weighted by Gasteiger charge is 2.29. The summed E-state index contributed by atoms with van der Waals surface area (Å²) in [4.78, 5) is 13.9. The van der Waals surface area contributed by atoms with Crippen LogP contribution in [0.15, 0.2) is 6.33 Å². The van der Waals surface area contributed by atoms with Crippen LogP contribution in [0.25, 0.3) is 0 Å². The van der Waals surface area contributed by atoms with Crippen LogP contribution in [0.1, 0.15) is 33.5 Å². The monoisotopic (exact) mass is 252 g/mol. The summed E-state index contributed by atoms with van der Waals surface area (Å²) in [6, 6.07) is 0.0744. The molecule has 0 aromatic carbocycles. The predicted octanol–water partition coefficient (Wildman–Crippen LogP) is 1.46. The Balaban J connectivity index is 2.07. The Labute approximate surface area is 107 Å². The van der Waals surface area contributed by atoms with Crippen molar-refractivity contribution in [2.45, 2.75) is 52.3 Å². The summed E-state index contributed by atoms with van der Waals surface area (Å²) in [5, 5.41) is 7.96. The number of fused-ring (bicyclic) bond motifs is 1. The van der Waals surface area contributed by atoms with Gasteiger partial charge in [-0.15, -0.1) is 10.2 Å². The molecule has 0 aliphatic carbocycles.